The fraction of sp³-hybridized carbons (Fsp3) is 0.0588. The summed E-state index contributed by atoms with van der Waals surface area (Å²) in [4.78, 5) is 22.9. The molecule has 0 aliphatic heterocycles. The van der Waals surface area contributed by atoms with Crippen LogP contribution in [0.25, 0.3) is 24.3 Å². The smallest absolute Gasteiger partial charge is 0.338 e. The van der Waals surface area contributed by atoms with Crippen LogP contribution in [0.5, 0.6) is 11.5 Å². The molecule has 0 aliphatic carbocycles. The monoisotopic (exact) mass is 552 g/mol. The van der Waals surface area contributed by atoms with Gasteiger partial charge in [0, 0.05) is 27.8 Å². The highest BCUT2D eigenvalue weighted by Gasteiger charge is 2.04. The minimum atomic E-state index is -0.555. The van der Waals surface area contributed by atoms with Gasteiger partial charge in [-0.25, -0.2) is 14.0 Å². The van der Waals surface area contributed by atoms with Crippen LogP contribution in [0.3, 0.4) is 0 Å². The quantitative estimate of drug-likeness (QED) is 0.0978. The van der Waals surface area contributed by atoms with Crippen molar-refractivity contribution in [2.24, 2.45) is 0 Å². The fourth-order valence-electron chi connectivity index (χ4n) is 3.18. The normalized spacial score (nSPS) is 11.3. The maximum Gasteiger partial charge on any atom is 0.338 e. The van der Waals surface area contributed by atoms with Gasteiger partial charge in [0.15, 0.2) is 0 Å². The lowest BCUT2D eigenvalue weighted by Gasteiger charge is -2.06. The number of hydrogen-bond acceptors (Lipinski definition) is 6. The highest BCUT2D eigenvalue weighted by atomic mass is 19.1. The third kappa shape index (κ3) is 9.67. The predicted octanol–water partition coefficient (Wildman–Crippen LogP) is 8.11. The van der Waals surface area contributed by atoms with E-state index in [1.54, 1.807) is 74.5 Å². The summed E-state index contributed by atoms with van der Waals surface area (Å²) in [6.45, 7) is 10.1. The number of ether oxygens (including phenoxy) is 4. The minimum Gasteiger partial charge on any atom is -0.461 e. The summed E-state index contributed by atoms with van der Waals surface area (Å²) in [7, 11) is 0. The number of halogens is 1. The number of carbonyl (C=O) groups is 2. The lowest BCUT2D eigenvalue weighted by molar-refractivity contribution is -0.134. The fourth-order valence-corrected chi connectivity index (χ4v) is 3.18. The molecule has 6 nitrogen and oxygen atoms in total. The van der Waals surface area contributed by atoms with Gasteiger partial charge in [-0.3, -0.25) is 0 Å². The second-order valence-corrected chi connectivity index (χ2v) is 8.67. The molecule has 0 unspecified atom stereocenters. The van der Waals surface area contributed by atoms with E-state index in [0.717, 1.165) is 18.1 Å². The number of benzene rings is 3. The third-order valence-electron chi connectivity index (χ3n) is 5.31. The second-order valence-electron chi connectivity index (χ2n) is 8.67. The van der Waals surface area contributed by atoms with Crippen LogP contribution in [-0.2, 0) is 19.1 Å². The van der Waals surface area contributed by atoms with Crippen molar-refractivity contribution in [3.05, 3.63) is 144 Å². The van der Waals surface area contributed by atoms with E-state index in [-0.39, 0.29) is 11.1 Å². The van der Waals surface area contributed by atoms with Crippen molar-refractivity contribution in [3.8, 4) is 11.5 Å². The van der Waals surface area contributed by atoms with E-state index < -0.39 is 17.8 Å². The van der Waals surface area contributed by atoms with Crippen LogP contribution in [0.1, 0.15) is 36.1 Å². The van der Waals surface area contributed by atoms with Crippen LogP contribution in [0.15, 0.2) is 116 Å². The Morgan fingerprint density at radius 3 is 1.59 bits per heavy atom. The molecule has 7 heteroatoms. The summed E-state index contributed by atoms with van der Waals surface area (Å²) in [5.74, 6) is -0.487. The largest absolute Gasteiger partial charge is 0.461 e. The molecule has 0 aromatic heterocycles. The zero-order valence-electron chi connectivity index (χ0n) is 22.7. The topological polar surface area (TPSA) is 71.1 Å². The van der Waals surface area contributed by atoms with Crippen molar-refractivity contribution in [2.75, 3.05) is 0 Å². The number of rotatable bonds is 12. The van der Waals surface area contributed by atoms with Gasteiger partial charge in [0.2, 0.25) is 0 Å². The first kappa shape index (κ1) is 30.1. The van der Waals surface area contributed by atoms with Gasteiger partial charge >= 0.3 is 11.9 Å². The minimum absolute atomic E-state index is 0.272. The number of hydrogen-bond donors (Lipinski definition) is 0. The average Bonchev–Trinajstić information content (AvgIpc) is 2.96. The van der Waals surface area contributed by atoms with Crippen molar-refractivity contribution >= 4 is 36.2 Å². The molecule has 0 bridgehead atoms. The number of carbonyl (C=O) groups excluding carboxylic acids is 2. The highest BCUT2D eigenvalue weighted by molar-refractivity contribution is 5.87. The Balaban J connectivity index is 1.66. The van der Waals surface area contributed by atoms with Gasteiger partial charge in [0.25, 0.3) is 0 Å². The van der Waals surface area contributed by atoms with Crippen LogP contribution < -0.4 is 9.47 Å². The molecule has 0 saturated carbocycles. The molecule has 3 rings (SSSR count). The first-order chi connectivity index (χ1) is 19.7. The van der Waals surface area contributed by atoms with Gasteiger partial charge in [0.1, 0.15) is 42.4 Å². The second kappa shape index (κ2) is 15.2. The van der Waals surface area contributed by atoms with Gasteiger partial charge in [-0.1, -0.05) is 86.0 Å². The van der Waals surface area contributed by atoms with E-state index in [0.29, 0.717) is 28.2 Å². The molecular formula is C34H29FO6. The molecule has 0 amide bonds. The molecular weight excluding hydrogens is 523 g/mol. The molecule has 0 aliphatic rings. The third-order valence-corrected chi connectivity index (χ3v) is 5.31. The molecule has 0 heterocycles. The zero-order chi connectivity index (χ0) is 29.6. The van der Waals surface area contributed by atoms with E-state index in [2.05, 4.69) is 13.2 Å². The molecule has 0 atom stereocenters. The summed E-state index contributed by atoms with van der Waals surface area (Å²) in [5, 5.41) is 0. The van der Waals surface area contributed by atoms with Gasteiger partial charge in [-0.15, -0.1) is 0 Å². The van der Waals surface area contributed by atoms with E-state index >= 15 is 0 Å². The maximum absolute atomic E-state index is 14.9. The van der Waals surface area contributed by atoms with E-state index in [1.807, 2.05) is 24.3 Å². The summed E-state index contributed by atoms with van der Waals surface area (Å²) in [6, 6.07) is 19.3. The van der Waals surface area contributed by atoms with Gasteiger partial charge in [-0.2, -0.15) is 0 Å². The SMILES string of the molecule is C=C(C)C(=O)O/C=C\Oc1ccccc1/C=C/c1ccc(/C=C/c2ccccc2O/C=C\OC(=O)C(=C)C)c(F)c1. The summed E-state index contributed by atoms with van der Waals surface area (Å²) in [5.41, 5.74) is 3.03. The van der Waals surface area contributed by atoms with Crippen LogP contribution in [0.2, 0.25) is 0 Å². The number of esters is 2. The Hall–Kier alpha value is -5.43. The van der Waals surface area contributed by atoms with Gasteiger partial charge < -0.3 is 18.9 Å². The van der Waals surface area contributed by atoms with Crippen molar-refractivity contribution in [2.45, 2.75) is 13.8 Å². The number of para-hydroxylation sites is 2. The Morgan fingerprint density at radius 1 is 0.634 bits per heavy atom. The Kier molecular flexibility index (Phi) is 11.2. The molecule has 0 radical (unpaired) electrons. The van der Waals surface area contributed by atoms with Crippen molar-refractivity contribution < 1.29 is 32.9 Å². The molecule has 0 fully saturated rings. The summed E-state index contributed by atoms with van der Waals surface area (Å²) >= 11 is 0. The van der Waals surface area contributed by atoms with E-state index in [1.165, 1.54) is 18.6 Å². The lowest BCUT2D eigenvalue weighted by atomic mass is 10.1. The Bertz CT molecular complexity index is 1540. The molecule has 0 spiro atoms. The Labute approximate surface area is 238 Å². The Morgan fingerprint density at radius 2 is 1.10 bits per heavy atom. The molecule has 208 valence electrons. The van der Waals surface area contributed by atoms with Crippen molar-refractivity contribution in [1.29, 1.82) is 0 Å². The summed E-state index contributed by atoms with van der Waals surface area (Å²) in [6.07, 6.45) is 11.7. The highest BCUT2D eigenvalue weighted by Crippen LogP contribution is 2.24. The standard InChI is InChI=1S/C34H29FO6/c1-24(2)33(36)40-21-19-38-31-11-7-5-9-28(31)16-14-26-13-15-27(30(35)23-26)17-18-29-10-6-8-12-32(29)39-20-22-41-34(37)25(3)4/h5-23H,1,3H2,2,4H3/b16-14+,18-17+,21-19-,22-20-. The van der Waals surface area contributed by atoms with Crippen LogP contribution in [0.4, 0.5) is 4.39 Å². The van der Waals surface area contributed by atoms with E-state index in [4.69, 9.17) is 18.9 Å². The van der Waals surface area contributed by atoms with Crippen molar-refractivity contribution in [1.82, 2.24) is 0 Å². The molecule has 3 aromatic carbocycles. The molecule has 0 saturated heterocycles. The van der Waals surface area contributed by atoms with Crippen LogP contribution in [-0.4, -0.2) is 11.9 Å². The van der Waals surface area contributed by atoms with Gasteiger partial charge in [-0.05, 0) is 37.6 Å². The van der Waals surface area contributed by atoms with Gasteiger partial charge in [0.05, 0.1) is 0 Å². The van der Waals surface area contributed by atoms with Crippen LogP contribution in [0, 0.1) is 5.82 Å². The predicted molar refractivity (Wildman–Crippen MR) is 158 cm³/mol. The maximum atomic E-state index is 14.9. The first-order valence-electron chi connectivity index (χ1n) is 12.4. The summed E-state index contributed by atoms with van der Waals surface area (Å²) < 4.78 is 35.8. The lowest BCUT2D eigenvalue weighted by Crippen LogP contribution is -1.99. The van der Waals surface area contributed by atoms with Crippen molar-refractivity contribution in [3.63, 3.8) is 0 Å². The molecule has 3 aromatic rings. The average molecular weight is 553 g/mol. The van der Waals surface area contributed by atoms with E-state index in [9.17, 15) is 14.0 Å². The molecule has 41 heavy (non-hydrogen) atoms. The zero-order valence-corrected chi connectivity index (χ0v) is 22.7. The first-order valence-corrected chi connectivity index (χ1v) is 12.4. The van der Waals surface area contributed by atoms with Crippen LogP contribution >= 0.6 is 0 Å². The molecule has 0 N–H and O–H groups in total.